The molecule has 180 valence electrons. The molecule has 2 aliphatic heterocycles. The van der Waals surface area contributed by atoms with E-state index in [2.05, 4.69) is 32.9 Å². The Balaban J connectivity index is 1.17. The number of aromatic nitrogens is 3. The van der Waals surface area contributed by atoms with Crippen molar-refractivity contribution in [2.24, 2.45) is 0 Å². The van der Waals surface area contributed by atoms with Gasteiger partial charge in [-0.3, -0.25) is 9.78 Å². The van der Waals surface area contributed by atoms with Crippen molar-refractivity contribution in [2.75, 3.05) is 51.2 Å². The molecule has 0 unspecified atom stereocenters. The summed E-state index contributed by atoms with van der Waals surface area (Å²) in [5.41, 5.74) is 5.44. The van der Waals surface area contributed by atoms with Gasteiger partial charge >= 0.3 is 0 Å². The van der Waals surface area contributed by atoms with E-state index in [9.17, 15) is 4.79 Å². The molecule has 0 N–H and O–H groups in total. The number of rotatable bonds is 3. The summed E-state index contributed by atoms with van der Waals surface area (Å²) in [5, 5.41) is 0.970. The Morgan fingerprint density at radius 1 is 0.971 bits per heavy atom. The number of hydrogen-bond acceptors (Lipinski definition) is 7. The summed E-state index contributed by atoms with van der Waals surface area (Å²) in [6, 6.07) is 9.79. The molecule has 2 aliphatic rings. The third kappa shape index (κ3) is 4.23. The number of anilines is 1. The molecular formula is C27H30N6O2. The van der Waals surface area contributed by atoms with Crippen LogP contribution in [0.3, 0.4) is 0 Å². The van der Waals surface area contributed by atoms with E-state index in [-0.39, 0.29) is 11.8 Å². The lowest BCUT2D eigenvalue weighted by Gasteiger charge is -2.34. The molecule has 5 heterocycles. The molecule has 8 nitrogen and oxygen atoms in total. The second kappa shape index (κ2) is 8.92. The number of amides is 1. The van der Waals surface area contributed by atoms with Crippen LogP contribution in [0.2, 0.25) is 0 Å². The number of pyridine rings is 1. The Morgan fingerprint density at radius 2 is 1.77 bits per heavy atom. The number of piperidine rings is 1. The molecule has 3 aromatic heterocycles. The van der Waals surface area contributed by atoms with Gasteiger partial charge in [0.2, 0.25) is 0 Å². The van der Waals surface area contributed by atoms with Crippen molar-refractivity contribution in [3.05, 3.63) is 59.9 Å². The molecule has 0 atom stereocenters. The summed E-state index contributed by atoms with van der Waals surface area (Å²) in [4.78, 5) is 33.8. The van der Waals surface area contributed by atoms with Gasteiger partial charge in [0, 0.05) is 56.1 Å². The van der Waals surface area contributed by atoms with E-state index in [4.69, 9.17) is 9.40 Å². The van der Waals surface area contributed by atoms with Gasteiger partial charge in [0.05, 0.1) is 23.1 Å². The predicted molar refractivity (Wildman–Crippen MR) is 136 cm³/mol. The van der Waals surface area contributed by atoms with Gasteiger partial charge in [-0.1, -0.05) is 0 Å². The summed E-state index contributed by atoms with van der Waals surface area (Å²) in [6.45, 7) is 7.45. The van der Waals surface area contributed by atoms with Crippen LogP contribution in [0.25, 0.3) is 22.0 Å². The standard InChI is InChI=1S/C27H30N6O2/c1-18-13-21-14-20(3-4-24(21)35-18)27(34)33-7-5-19(6-8-33)25-26-23(29-17-30-25)15-22(16-28-26)32-11-9-31(2)10-12-32/h3-4,13-17,19H,5-12H2,1-2H3. The number of piperazine rings is 1. The highest BCUT2D eigenvalue weighted by molar-refractivity contribution is 5.98. The fourth-order valence-corrected chi connectivity index (χ4v) is 5.34. The molecule has 35 heavy (non-hydrogen) atoms. The highest BCUT2D eigenvalue weighted by Crippen LogP contribution is 2.32. The van der Waals surface area contributed by atoms with E-state index >= 15 is 0 Å². The topological polar surface area (TPSA) is 78.6 Å². The zero-order valence-corrected chi connectivity index (χ0v) is 20.3. The van der Waals surface area contributed by atoms with Gasteiger partial charge in [0.15, 0.2) is 0 Å². The van der Waals surface area contributed by atoms with Crippen molar-refractivity contribution in [2.45, 2.75) is 25.7 Å². The maximum atomic E-state index is 13.2. The van der Waals surface area contributed by atoms with Gasteiger partial charge in [0.25, 0.3) is 5.91 Å². The van der Waals surface area contributed by atoms with Gasteiger partial charge in [-0.2, -0.15) is 0 Å². The van der Waals surface area contributed by atoms with Crippen molar-refractivity contribution in [3.63, 3.8) is 0 Å². The molecule has 0 saturated carbocycles. The molecule has 8 heteroatoms. The number of furan rings is 1. The largest absolute Gasteiger partial charge is 0.461 e. The fourth-order valence-electron chi connectivity index (χ4n) is 5.34. The molecule has 0 radical (unpaired) electrons. The van der Waals surface area contributed by atoms with E-state index < -0.39 is 0 Å². The number of benzene rings is 1. The monoisotopic (exact) mass is 470 g/mol. The van der Waals surface area contributed by atoms with Crippen LogP contribution in [0.1, 0.15) is 40.6 Å². The van der Waals surface area contributed by atoms with Crippen LogP contribution in [0.15, 0.2) is 47.3 Å². The Bertz CT molecular complexity index is 1380. The van der Waals surface area contributed by atoms with Gasteiger partial charge < -0.3 is 19.1 Å². The number of carbonyl (C=O) groups excluding carboxylic acids is 1. The highest BCUT2D eigenvalue weighted by atomic mass is 16.3. The van der Waals surface area contributed by atoms with Crippen molar-refractivity contribution in [1.82, 2.24) is 24.8 Å². The summed E-state index contributed by atoms with van der Waals surface area (Å²) in [7, 11) is 2.16. The zero-order valence-electron chi connectivity index (χ0n) is 20.3. The minimum absolute atomic E-state index is 0.0756. The maximum Gasteiger partial charge on any atom is 0.253 e. The van der Waals surface area contributed by atoms with Crippen molar-refractivity contribution in [3.8, 4) is 0 Å². The van der Waals surface area contributed by atoms with E-state index in [1.54, 1.807) is 6.33 Å². The summed E-state index contributed by atoms with van der Waals surface area (Å²) in [6.07, 6.45) is 5.36. The lowest BCUT2D eigenvalue weighted by atomic mass is 9.92. The van der Waals surface area contributed by atoms with Gasteiger partial charge in [-0.05, 0) is 57.1 Å². The van der Waals surface area contributed by atoms with Crippen molar-refractivity contribution < 1.29 is 9.21 Å². The third-order valence-electron chi connectivity index (χ3n) is 7.41. The Morgan fingerprint density at radius 3 is 2.57 bits per heavy atom. The summed E-state index contributed by atoms with van der Waals surface area (Å²) >= 11 is 0. The Kier molecular flexibility index (Phi) is 5.60. The number of fused-ring (bicyclic) bond motifs is 2. The number of carbonyl (C=O) groups is 1. The van der Waals surface area contributed by atoms with Gasteiger partial charge in [-0.15, -0.1) is 0 Å². The second-order valence-electron chi connectivity index (χ2n) is 9.79. The smallest absolute Gasteiger partial charge is 0.253 e. The first-order valence-electron chi connectivity index (χ1n) is 12.4. The normalized spacial score (nSPS) is 18.0. The first-order valence-corrected chi connectivity index (χ1v) is 12.4. The van der Waals surface area contributed by atoms with Crippen LogP contribution in [-0.2, 0) is 0 Å². The van der Waals surface area contributed by atoms with Crippen LogP contribution in [-0.4, -0.2) is 77.0 Å². The zero-order chi connectivity index (χ0) is 23.9. The van der Waals surface area contributed by atoms with Gasteiger partial charge in [0.1, 0.15) is 23.2 Å². The minimum Gasteiger partial charge on any atom is -0.461 e. The van der Waals surface area contributed by atoms with Crippen LogP contribution in [0, 0.1) is 6.92 Å². The molecule has 0 aliphatic carbocycles. The third-order valence-corrected chi connectivity index (χ3v) is 7.41. The molecule has 2 saturated heterocycles. The minimum atomic E-state index is 0.0756. The first kappa shape index (κ1) is 22.0. The van der Waals surface area contributed by atoms with Gasteiger partial charge in [-0.25, -0.2) is 9.97 Å². The second-order valence-corrected chi connectivity index (χ2v) is 9.79. The number of likely N-dealkylation sites (tertiary alicyclic amines) is 1. The lowest BCUT2D eigenvalue weighted by molar-refractivity contribution is 0.0712. The van der Waals surface area contributed by atoms with Crippen molar-refractivity contribution >= 4 is 33.6 Å². The van der Waals surface area contributed by atoms with Crippen LogP contribution < -0.4 is 4.90 Å². The van der Waals surface area contributed by atoms with E-state index in [0.717, 1.165) is 78.2 Å². The predicted octanol–water partition coefficient (Wildman–Crippen LogP) is 3.85. The summed E-state index contributed by atoms with van der Waals surface area (Å²) in [5.74, 6) is 1.20. The first-order chi connectivity index (χ1) is 17.0. The van der Waals surface area contributed by atoms with Crippen LogP contribution in [0.4, 0.5) is 5.69 Å². The summed E-state index contributed by atoms with van der Waals surface area (Å²) < 4.78 is 5.64. The number of likely N-dealkylation sites (N-methyl/N-ethyl adjacent to an activating group) is 1. The Hall–Kier alpha value is -3.52. The number of aryl methyl sites for hydroxylation is 1. The molecule has 6 rings (SSSR count). The SMILES string of the molecule is Cc1cc2cc(C(=O)N3CCC(c4ncnc5cc(N6CCN(C)CC6)cnc45)CC3)ccc2o1. The molecule has 4 aromatic rings. The molecule has 0 spiro atoms. The molecule has 0 bridgehead atoms. The maximum absolute atomic E-state index is 13.2. The number of hydrogen-bond donors (Lipinski definition) is 0. The lowest BCUT2D eigenvalue weighted by Crippen LogP contribution is -2.44. The van der Waals surface area contributed by atoms with E-state index in [1.165, 1.54) is 0 Å². The quantitative estimate of drug-likeness (QED) is 0.450. The van der Waals surface area contributed by atoms with E-state index in [0.29, 0.717) is 18.7 Å². The Labute approximate surface area is 204 Å². The van der Waals surface area contributed by atoms with Crippen LogP contribution in [0.5, 0.6) is 0 Å². The fraction of sp³-hybridized carbons (Fsp3) is 0.407. The molecular weight excluding hydrogens is 440 g/mol. The molecule has 2 fully saturated rings. The number of nitrogens with zero attached hydrogens (tertiary/aromatic N) is 6. The molecule has 1 amide bonds. The highest BCUT2D eigenvalue weighted by Gasteiger charge is 2.27. The van der Waals surface area contributed by atoms with Crippen LogP contribution >= 0.6 is 0 Å². The average molecular weight is 471 g/mol. The van der Waals surface area contributed by atoms with Crippen molar-refractivity contribution in [1.29, 1.82) is 0 Å². The molecule has 1 aromatic carbocycles. The van der Waals surface area contributed by atoms with E-state index in [1.807, 2.05) is 42.3 Å². The average Bonchev–Trinajstić information content (AvgIpc) is 3.27.